The fourth-order valence-corrected chi connectivity index (χ4v) is 1.83. The third kappa shape index (κ3) is 4.36. The lowest BCUT2D eigenvalue weighted by Gasteiger charge is -2.06. The van der Waals surface area contributed by atoms with Crippen LogP contribution in [0.2, 0.25) is 0 Å². The number of hydrogen-bond donors (Lipinski definition) is 2. The molecule has 1 fully saturated rings. The summed E-state index contributed by atoms with van der Waals surface area (Å²) < 4.78 is 0. The standard InChI is InChI=1S/C12H23N3/c1-8(2)6-14-12(13)15-7-10-5-11(10)9(3)4/h9-11H,1,5-7H2,2-4H3,(H3,13,14,15)/t10-,11-/m0/s1. The van der Waals surface area contributed by atoms with Crippen molar-refractivity contribution in [1.29, 1.82) is 0 Å². The highest BCUT2D eigenvalue weighted by Crippen LogP contribution is 2.43. The third-order valence-corrected chi connectivity index (χ3v) is 2.90. The Labute approximate surface area is 92.8 Å². The van der Waals surface area contributed by atoms with Crippen LogP contribution in [0.5, 0.6) is 0 Å². The van der Waals surface area contributed by atoms with E-state index in [1.165, 1.54) is 6.42 Å². The van der Waals surface area contributed by atoms with Crippen LogP contribution in [-0.2, 0) is 0 Å². The highest BCUT2D eigenvalue weighted by atomic mass is 15.1. The SMILES string of the molecule is C=C(C)CN=C(N)NC[C@@H]1C[C@H]1C(C)C. The van der Waals surface area contributed by atoms with Gasteiger partial charge in [0.25, 0.3) is 0 Å². The van der Waals surface area contributed by atoms with Crippen molar-refractivity contribution in [2.24, 2.45) is 28.5 Å². The molecule has 3 N–H and O–H groups in total. The second-order valence-electron chi connectivity index (χ2n) is 4.94. The Hall–Kier alpha value is -0.990. The van der Waals surface area contributed by atoms with Crippen molar-refractivity contribution >= 4 is 5.96 Å². The van der Waals surface area contributed by atoms with E-state index in [-0.39, 0.29) is 0 Å². The summed E-state index contributed by atoms with van der Waals surface area (Å²) in [5, 5.41) is 3.17. The average Bonchev–Trinajstić information content (AvgIpc) is 2.90. The van der Waals surface area contributed by atoms with Crippen molar-refractivity contribution in [3.8, 4) is 0 Å². The number of nitrogens with two attached hydrogens (primary N) is 1. The molecule has 3 heteroatoms. The van der Waals surface area contributed by atoms with Crippen LogP contribution in [0.1, 0.15) is 27.2 Å². The molecule has 0 unspecified atom stereocenters. The van der Waals surface area contributed by atoms with Gasteiger partial charge in [0.2, 0.25) is 0 Å². The van der Waals surface area contributed by atoms with Crippen LogP contribution in [0.15, 0.2) is 17.1 Å². The lowest BCUT2D eigenvalue weighted by Crippen LogP contribution is -2.33. The van der Waals surface area contributed by atoms with E-state index >= 15 is 0 Å². The summed E-state index contributed by atoms with van der Waals surface area (Å²) in [6.45, 7) is 11.9. The van der Waals surface area contributed by atoms with Gasteiger partial charge in [-0.25, -0.2) is 4.99 Å². The maximum Gasteiger partial charge on any atom is 0.188 e. The van der Waals surface area contributed by atoms with Crippen molar-refractivity contribution in [3.63, 3.8) is 0 Å². The fourth-order valence-electron chi connectivity index (χ4n) is 1.83. The van der Waals surface area contributed by atoms with Crippen LogP contribution in [0.25, 0.3) is 0 Å². The molecule has 2 atom stereocenters. The summed E-state index contributed by atoms with van der Waals surface area (Å²) in [6.07, 6.45) is 1.33. The van der Waals surface area contributed by atoms with Crippen molar-refractivity contribution in [2.75, 3.05) is 13.1 Å². The van der Waals surface area contributed by atoms with E-state index in [4.69, 9.17) is 5.73 Å². The summed E-state index contributed by atoms with van der Waals surface area (Å²) in [4.78, 5) is 4.18. The van der Waals surface area contributed by atoms with Crippen molar-refractivity contribution in [2.45, 2.75) is 27.2 Å². The van der Waals surface area contributed by atoms with E-state index in [0.29, 0.717) is 12.5 Å². The van der Waals surface area contributed by atoms with Gasteiger partial charge in [0, 0.05) is 6.54 Å². The second-order valence-corrected chi connectivity index (χ2v) is 4.94. The zero-order valence-electron chi connectivity index (χ0n) is 10.1. The molecule has 1 aliphatic rings. The highest BCUT2D eigenvalue weighted by molar-refractivity contribution is 5.77. The molecular formula is C12H23N3. The monoisotopic (exact) mass is 209 g/mol. The first-order chi connectivity index (χ1) is 7.00. The normalized spacial score (nSPS) is 25.5. The molecule has 86 valence electrons. The Morgan fingerprint density at radius 1 is 1.60 bits per heavy atom. The zero-order valence-corrected chi connectivity index (χ0v) is 10.1. The number of rotatable bonds is 5. The van der Waals surface area contributed by atoms with E-state index in [9.17, 15) is 0 Å². The van der Waals surface area contributed by atoms with E-state index < -0.39 is 0 Å². The molecule has 1 saturated carbocycles. The number of guanidine groups is 1. The summed E-state index contributed by atoms with van der Waals surface area (Å²) >= 11 is 0. The average molecular weight is 209 g/mol. The van der Waals surface area contributed by atoms with Crippen LogP contribution < -0.4 is 11.1 Å². The molecule has 0 bridgehead atoms. The van der Waals surface area contributed by atoms with Gasteiger partial charge < -0.3 is 11.1 Å². The first-order valence-corrected chi connectivity index (χ1v) is 5.69. The van der Waals surface area contributed by atoms with Crippen molar-refractivity contribution in [1.82, 2.24) is 5.32 Å². The minimum atomic E-state index is 0.549. The Kier molecular flexibility index (Phi) is 4.18. The molecule has 0 heterocycles. The van der Waals surface area contributed by atoms with Gasteiger partial charge in [-0.2, -0.15) is 0 Å². The Balaban J connectivity index is 2.16. The second kappa shape index (κ2) is 5.19. The molecule has 0 aromatic rings. The summed E-state index contributed by atoms with van der Waals surface area (Å²) in [6, 6.07) is 0. The minimum Gasteiger partial charge on any atom is -0.370 e. The summed E-state index contributed by atoms with van der Waals surface area (Å²) in [5.41, 5.74) is 6.75. The Morgan fingerprint density at radius 2 is 2.27 bits per heavy atom. The number of hydrogen-bond acceptors (Lipinski definition) is 1. The first kappa shape index (κ1) is 12.1. The molecule has 0 aromatic carbocycles. The van der Waals surface area contributed by atoms with Crippen LogP contribution in [0.3, 0.4) is 0 Å². The van der Waals surface area contributed by atoms with Crippen LogP contribution >= 0.6 is 0 Å². The lowest BCUT2D eigenvalue weighted by atomic mass is 10.1. The van der Waals surface area contributed by atoms with Crippen LogP contribution in [0, 0.1) is 17.8 Å². The smallest absolute Gasteiger partial charge is 0.188 e. The molecule has 0 aromatic heterocycles. The maximum atomic E-state index is 5.72. The van der Waals surface area contributed by atoms with Gasteiger partial charge in [-0.15, -0.1) is 0 Å². The van der Waals surface area contributed by atoms with E-state index in [2.05, 4.69) is 30.7 Å². The molecule has 0 aliphatic heterocycles. The first-order valence-electron chi connectivity index (χ1n) is 5.69. The topological polar surface area (TPSA) is 50.4 Å². The zero-order chi connectivity index (χ0) is 11.4. The van der Waals surface area contributed by atoms with Crippen LogP contribution in [0.4, 0.5) is 0 Å². The summed E-state index contributed by atoms with van der Waals surface area (Å²) in [5.74, 6) is 3.02. The van der Waals surface area contributed by atoms with Gasteiger partial charge in [-0.1, -0.05) is 26.0 Å². The molecular weight excluding hydrogens is 186 g/mol. The third-order valence-electron chi connectivity index (χ3n) is 2.90. The molecule has 3 nitrogen and oxygen atoms in total. The summed E-state index contributed by atoms with van der Waals surface area (Å²) in [7, 11) is 0. The molecule has 1 rings (SSSR count). The van der Waals surface area contributed by atoms with Gasteiger partial charge in [0.15, 0.2) is 5.96 Å². The molecule has 0 amide bonds. The lowest BCUT2D eigenvalue weighted by molar-refractivity contribution is 0.513. The number of aliphatic imine (C=N–C) groups is 1. The largest absolute Gasteiger partial charge is 0.370 e. The van der Waals surface area contributed by atoms with Crippen molar-refractivity contribution < 1.29 is 0 Å². The molecule has 0 radical (unpaired) electrons. The Morgan fingerprint density at radius 3 is 2.73 bits per heavy atom. The molecule has 0 saturated heterocycles. The van der Waals surface area contributed by atoms with Gasteiger partial charge in [0.05, 0.1) is 6.54 Å². The fraction of sp³-hybridized carbons (Fsp3) is 0.750. The minimum absolute atomic E-state index is 0.549. The Bertz CT molecular complexity index is 256. The predicted octanol–water partition coefficient (Wildman–Crippen LogP) is 1.76. The van der Waals surface area contributed by atoms with Gasteiger partial charge in [0.1, 0.15) is 0 Å². The quantitative estimate of drug-likeness (QED) is 0.412. The molecule has 1 aliphatic carbocycles. The number of nitrogens with zero attached hydrogens (tertiary/aromatic N) is 1. The molecule has 15 heavy (non-hydrogen) atoms. The highest BCUT2D eigenvalue weighted by Gasteiger charge is 2.38. The number of nitrogens with one attached hydrogen (secondary N) is 1. The van der Waals surface area contributed by atoms with Crippen molar-refractivity contribution in [3.05, 3.63) is 12.2 Å². The van der Waals surface area contributed by atoms with E-state index in [1.54, 1.807) is 0 Å². The van der Waals surface area contributed by atoms with E-state index in [1.807, 2.05) is 6.92 Å². The predicted molar refractivity (Wildman–Crippen MR) is 65.7 cm³/mol. The van der Waals surface area contributed by atoms with Gasteiger partial charge in [-0.3, -0.25) is 0 Å². The van der Waals surface area contributed by atoms with E-state index in [0.717, 1.165) is 29.9 Å². The maximum absolute atomic E-state index is 5.72. The van der Waals surface area contributed by atoms with Crippen LogP contribution in [-0.4, -0.2) is 19.0 Å². The molecule has 0 spiro atoms. The van der Waals surface area contributed by atoms with Gasteiger partial charge >= 0.3 is 0 Å². The van der Waals surface area contributed by atoms with Gasteiger partial charge in [-0.05, 0) is 31.1 Å².